The number of carbonyl (C=O) groups excluding carboxylic acids is 1. The molecular formula is C30H30Cl2N6O7. The third-order valence-corrected chi connectivity index (χ3v) is 6.46. The second kappa shape index (κ2) is 17.2. The lowest BCUT2D eigenvalue weighted by Gasteiger charge is -2.06. The summed E-state index contributed by atoms with van der Waals surface area (Å²) in [4.78, 5) is 30.2. The van der Waals surface area contributed by atoms with Crippen LogP contribution >= 0.6 is 23.2 Å². The molecule has 0 spiro atoms. The number of carboxylic acids is 1. The fourth-order valence-electron chi connectivity index (χ4n) is 3.82. The molecule has 0 aliphatic carbocycles. The number of halogens is 2. The first-order valence-corrected chi connectivity index (χ1v) is 14.5. The van der Waals surface area contributed by atoms with Crippen LogP contribution in [0.25, 0.3) is 35.2 Å². The number of ether oxygens (including phenoxy) is 3. The Morgan fingerprint density at radius 1 is 0.844 bits per heavy atom. The van der Waals surface area contributed by atoms with Gasteiger partial charge in [-0.2, -0.15) is 0 Å². The van der Waals surface area contributed by atoms with Crippen LogP contribution in [0.1, 0.15) is 12.8 Å². The van der Waals surface area contributed by atoms with Crippen molar-refractivity contribution >= 4 is 47.5 Å². The molecule has 45 heavy (non-hydrogen) atoms. The van der Waals surface area contributed by atoms with Crippen molar-refractivity contribution in [1.29, 1.82) is 0 Å². The van der Waals surface area contributed by atoms with Crippen LogP contribution in [0, 0.1) is 0 Å². The second-order valence-corrected chi connectivity index (χ2v) is 10.4. The standard InChI is InChI=1S/C15H14ClN3O3.C11H8ClN3O2.C4H8O2/c16-12-3-1-2-11(8-12)15-17-10-19(18-15)6-4-14(20)22-13-5-7-21-9-13;12-9-3-1-2-8(6-9)11-13-7-15(14-11)5-4-10(16)17;5-4-1-2-6-3-4/h1-4,6,8,10,13H,5,7,9H2;1-7H,(H,16,17);4-5H,1-3H2/b6-4-;5-4-;. The average Bonchev–Trinajstić information content (AvgIpc) is 3.85. The van der Waals surface area contributed by atoms with Gasteiger partial charge in [-0.1, -0.05) is 47.5 Å². The number of nitrogens with zero attached hydrogens (tertiary/aromatic N) is 6. The lowest BCUT2D eigenvalue weighted by Crippen LogP contribution is -2.16. The molecule has 4 aromatic rings. The molecule has 0 amide bonds. The highest BCUT2D eigenvalue weighted by molar-refractivity contribution is 6.31. The smallest absolute Gasteiger partial charge is 0.332 e. The van der Waals surface area contributed by atoms with Crippen LogP contribution in [-0.2, 0) is 23.8 Å². The molecule has 0 bridgehead atoms. The number of esters is 1. The Hall–Kier alpha value is -4.40. The molecule has 236 valence electrons. The Morgan fingerprint density at radius 2 is 1.40 bits per heavy atom. The molecule has 2 aliphatic heterocycles. The van der Waals surface area contributed by atoms with Gasteiger partial charge in [0, 0.05) is 58.8 Å². The lowest BCUT2D eigenvalue weighted by molar-refractivity contribution is -0.142. The van der Waals surface area contributed by atoms with Gasteiger partial charge in [0.05, 0.1) is 25.9 Å². The number of aliphatic hydroxyl groups excluding tert-OH is 1. The third-order valence-electron chi connectivity index (χ3n) is 5.99. The zero-order valence-electron chi connectivity index (χ0n) is 23.9. The summed E-state index contributed by atoms with van der Waals surface area (Å²) in [5.41, 5.74) is 1.59. The van der Waals surface area contributed by atoms with Crippen molar-refractivity contribution in [2.45, 2.75) is 25.0 Å². The first-order chi connectivity index (χ1) is 21.7. The summed E-state index contributed by atoms with van der Waals surface area (Å²) >= 11 is 11.8. The van der Waals surface area contributed by atoms with E-state index in [-0.39, 0.29) is 12.2 Å². The number of aliphatic carboxylic acids is 1. The average molecular weight is 658 g/mol. The number of rotatable bonds is 7. The van der Waals surface area contributed by atoms with Crippen LogP contribution in [0.4, 0.5) is 0 Å². The first kappa shape index (κ1) is 33.5. The summed E-state index contributed by atoms with van der Waals surface area (Å²) in [6.45, 7) is 2.37. The van der Waals surface area contributed by atoms with Gasteiger partial charge in [0.1, 0.15) is 18.8 Å². The Kier molecular flexibility index (Phi) is 12.8. The molecule has 2 aromatic carbocycles. The van der Waals surface area contributed by atoms with E-state index < -0.39 is 11.9 Å². The van der Waals surface area contributed by atoms with Crippen molar-refractivity contribution in [3.8, 4) is 22.8 Å². The minimum Gasteiger partial charge on any atom is -0.478 e. The van der Waals surface area contributed by atoms with E-state index in [1.165, 1.54) is 40.5 Å². The van der Waals surface area contributed by atoms with Gasteiger partial charge >= 0.3 is 11.9 Å². The Bertz CT molecular complexity index is 1610. The zero-order valence-corrected chi connectivity index (χ0v) is 25.4. The number of benzene rings is 2. The van der Waals surface area contributed by atoms with Crippen molar-refractivity contribution in [1.82, 2.24) is 29.5 Å². The number of carbonyl (C=O) groups is 2. The van der Waals surface area contributed by atoms with Gasteiger partial charge in [0.15, 0.2) is 11.6 Å². The van der Waals surface area contributed by atoms with E-state index in [0.717, 1.165) is 36.7 Å². The van der Waals surface area contributed by atoms with E-state index in [2.05, 4.69) is 20.2 Å². The highest BCUT2D eigenvalue weighted by Gasteiger charge is 2.18. The van der Waals surface area contributed by atoms with E-state index >= 15 is 0 Å². The summed E-state index contributed by atoms with van der Waals surface area (Å²) in [6, 6.07) is 14.4. The van der Waals surface area contributed by atoms with Gasteiger partial charge in [0.2, 0.25) is 0 Å². The molecule has 2 unspecified atom stereocenters. The number of aliphatic hydroxyl groups is 1. The van der Waals surface area contributed by atoms with Gasteiger partial charge in [-0.3, -0.25) is 0 Å². The molecule has 2 aromatic heterocycles. The maximum absolute atomic E-state index is 11.7. The van der Waals surface area contributed by atoms with E-state index in [1.807, 2.05) is 18.2 Å². The zero-order chi connectivity index (χ0) is 32.0. The SMILES string of the molecule is O=C(/C=C\n1cnc(-c2cccc(Cl)c2)n1)OC1CCOC1.O=C(O)/C=C\n1cnc(-c2cccc(Cl)c2)n1.OC1CCOC1. The molecule has 2 N–H and O–H groups in total. The maximum Gasteiger partial charge on any atom is 0.332 e. The topological polar surface area (TPSA) is 164 Å². The van der Waals surface area contributed by atoms with E-state index in [9.17, 15) is 9.59 Å². The first-order valence-electron chi connectivity index (χ1n) is 13.7. The molecule has 2 aliphatic rings. The summed E-state index contributed by atoms with van der Waals surface area (Å²) in [5.74, 6) is -0.438. The van der Waals surface area contributed by atoms with Gasteiger partial charge in [-0.05, 0) is 30.7 Å². The molecule has 2 atom stereocenters. The molecule has 6 rings (SSSR count). The normalized spacial score (nSPS) is 17.5. The quantitative estimate of drug-likeness (QED) is 0.215. The summed E-state index contributed by atoms with van der Waals surface area (Å²) in [5, 5.41) is 26.6. The molecule has 15 heteroatoms. The van der Waals surface area contributed by atoms with Gasteiger partial charge in [-0.25, -0.2) is 28.9 Å². The van der Waals surface area contributed by atoms with Crippen LogP contribution in [0.5, 0.6) is 0 Å². The van der Waals surface area contributed by atoms with Crippen molar-refractivity contribution in [2.24, 2.45) is 0 Å². The van der Waals surface area contributed by atoms with E-state index in [0.29, 0.717) is 41.5 Å². The molecule has 0 saturated carbocycles. The van der Waals surface area contributed by atoms with Gasteiger partial charge in [-0.15, -0.1) is 10.2 Å². The fourth-order valence-corrected chi connectivity index (χ4v) is 4.20. The van der Waals surface area contributed by atoms with Crippen LogP contribution in [0.2, 0.25) is 10.0 Å². The van der Waals surface area contributed by atoms with Crippen molar-refractivity contribution < 1.29 is 34.0 Å². The highest BCUT2D eigenvalue weighted by Crippen LogP contribution is 2.20. The molecule has 0 radical (unpaired) electrons. The van der Waals surface area contributed by atoms with Gasteiger partial charge in [0.25, 0.3) is 0 Å². The van der Waals surface area contributed by atoms with Crippen LogP contribution in [0.3, 0.4) is 0 Å². The number of hydrogen-bond donors (Lipinski definition) is 2. The molecule has 13 nitrogen and oxygen atoms in total. The predicted molar refractivity (Wildman–Crippen MR) is 166 cm³/mol. The molecule has 2 saturated heterocycles. The summed E-state index contributed by atoms with van der Waals surface area (Å²) in [6.07, 6.45) is 9.27. The Labute approximate surface area is 268 Å². The summed E-state index contributed by atoms with van der Waals surface area (Å²) < 4.78 is 17.9. The highest BCUT2D eigenvalue weighted by atomic mass is 35.5. The monoisotopic (exact) mass is 656 g/mol. The largest absolute Gasteiger partial charge is 0.478 e. The van der Waals surface area contributed by atoms with Crippen LogP contribution in [-0.4, -0.2) is 90.3 Å². The van der Waals surface area contributed by atoms with E-state index in [1.54, 1.807) is 30.3 Å². The minimum absolute atomic E-state index is 0.157. The molecular weight excluding hydrogens is 627 g/mol. The number of hydrogen-bond acceptors (Lipinski definition) is 10. The second-order valence-electron chi connectivity index (χ2n) is 9.53. The van der Waals surface area contributed by atoms with Crippen molar-refractivity contribution in [2.75, 3.05) is 26.4 Å². The van der Waals surface area contributed by atoms with Gasteiger partial charge < -0.3 is 24.4 Å². The molecule has 4 heterocycles. The minimum atomic E-state index is -1.04. The predicted octanol–water partition coefficient (Wildman–Crippen LogP) is 4.32. The van der Waals surface area contributed by atoms with Crippen LogP contribution in [0.15, 0.2) is 73.3 Å². The Morgan fingerprint density at radius 3 is 1.84 bits per heavy atom. The lowest BCUT2D eigenvalue weighted by atomic mass is 10.2. The summed E-state index contributed by atoms with van der Waals surface area (Å²) in [7, 11) is 0. The van der Waals surface area contributed by atoms with Crippen molar-refractivity contribution in [3.63, 3.8) is 0 Å². The number of aromatic nitrogens is 6. The Balaban J connectivity index is 0.000000177. The fraction of sp³-hybridized carbons (Fsp3) is 0.267. The number of carboxylic acid groups (broad SMARTS) is 1. The van der Waals surface area contributed by atoms with Crippen LogP contribution < -0.4 is 0 Å². The van der Waals surface area contributed by atoms with Crippen molar-refractivity contribution in [3.05, 3.63) is 83.4 Å². The van der Waals surface area contributed by atoms with E-state index in [4.69, 9.17) is 47.6 Å². The third kappa shape index (κ3) is 11.6. The maximum atomic E-state index is 11.7. The molecule has 2 fully saturated rings.